The molecule has 0 N–H and O–H groups in total. The van der Waals surface area contributed by atoms with Crippen LogP contribution in [0.3, 0.4) is 0 Å². The molecule has 0 bridgehead atoms. The van der Waals surface area contributed by atoms with Gasteiger partial charge in [-0.3, -0.25) is 0 Å². The topological polar surface area (TPSA) is 0 Å². The summed E-state index contributed by atoms with van der Waals surface area (Å²) in [5.74, 6) is 3.86. The Kier molecular flexibility index (Phi) is 7.31. The molecule has 0 aromatic carbocycles. The fourth-order valence-corrected chi connectivity index (χ4v) is 2.48. The monoisotopic (exact) mass is 198 g/mol. The van der Waals surface area contributed by atoms with Gasteiger partial charge in [0.1, 0.15) is 0 Å². The fraction of sp³-hybridized carbons (Fsp3) is 1.00. The maximum atomic E-state index is 2.38. The van der Waals surface area contributed by atoms with Gasteiger partial charge in [0.15, 0.2) is 0 Å². The molecular formula is C14H30. The van der Waals surface area contributed by atoms with E-state index >= 15 is 0 Å². The number of hydrogen-bond donors (Lipinski definition) is 0. The third-order valence-electron chi connectivity index (χ3n) is 3.64. The second-order valence-electron chi connectivity index (χ2n) is 5.17. The lowest BCUT2D eigenvalue weighted by molar-refractivity contribution is 0.177. The molecule has 1 aliphatic rings. The van der Waals surface area contributed by atoms with E-state index in [0.717, 1.165) is 23.7 Å². The van der Waals surface area contributed by atoms with Crippen LogP contribution in [0.2, 0.25) is 0 Å². The van der Waals surface area contributed by atoms with Gasteiger partial charge in [-0.15, -0.1) is 0 Å². The quantitative estimate of drug-likeness (QED) is 0.577. The Morgan fingerprint density at radius 1 is 0.786 bits per heavy atom. The van der Waals surface area contributed by atoms with E-state index < -0.39 is 0 Å². The number of rotatable bonds is 2. The predicted molar refractivity (Wildman–Crippen MR) is 66.5 cm³/mol. The van der Waals surface area contributed by atoms with Crippen molar-refractivity contribution in [3.05, 3.63) is 0 Å². The van der Waals surface area contributed by atoms with E-state index in [2.05, 4.69) is 27.7 Å². The van der Waals surface area contributed by atoms with Crippen molar-refractivity contribution in [1.29, 1.82) is 0 Å². The van der Waals surface area contributed by atoms with Crippen LogP contribution in [-0.4, -0.2) is 0 Å². The van der Waals surface area contributed by atoms with Gasteiger partial charge in [0.05, 0.1) is 0 Å². The van der Waals surface area contributed by atoms with Crippen LogP contribution in [0.1, 0.15) is 67.2 Å². The van der Waals surface area contributed by atoms with Gasteiger partial charge in [0, 0.05) is 0 Å². The summed E-state index contributed by atoms with van der Waals surface area (Å²) in [7, 11) is 0. The molecule has 1 rings (SSSR count). The zero-order valence-electron chi connectivity index (χ0n) is 11.1. The van der Waals surface area contributed by atoms with Crippen molar-refractivity contribution in [2.24, 2.45) is 23.7 Å². The first-order valence-corrected chi connectivity index (χ1v) is 6.61. The molecule has 0 radical (unpaired) electrons. The Bertz CT molecular complexity index is 110. The summed E-state index contributed by atoms with van der Waals surface area (Å²) in [4.78, 5) is 0. The predicted octanol–water partition coefficient (Wildman–Crippen LogP) is 5.13. The first-order chi connectivity index (χ1) is 6.61. The molecule has 0 amide bonds. The molecule has 14 heavy (non-hydrogen) atoms. The van der Waals surface area contributed by atoms with Crippen LogP contribution in [0, 0.1) is 23.7 Å². The van der Waals surface area contributed by atoms with E-state index in [-0.39, 0.29) is 0 Å². The van der Waals surface area contributed by atoms with Gasteiger partial charge in [-0.2, -0.15) is 0 Å². The first kappa shape index (κ1) is 14.0. The van der Waals surface area contributed by atoms with Crippen LogP contribution in [0.4, 0.5) is 0 Å². The normalized spacial score (nSPS) is 27.4. The molecule has 86 valence electrons. The lowest BCUT2D eigenvalue weighted by atomic mass is 9.72. The van der Waals surface area contributed by atoms with E-state index in [1.54, 1.807) is 0 Å². The van der Waals surface area contributed by atoms with Crippen molar-refractivity contribution in [1.82, 2.24) is 0 Å². The summed E-state index contributed by atoms with van der Waals surface area (Å²) < 4.78 is 0. The Labute approximate surface area is 91.5 Å². The van der Waals surface area contributed by atoms with Gasteiger partial charge in [-0.1, -0.05) is 60.8 Å². The molecule has 0 spiro atoms. The molecule has 2 atom stereocenters. The Morgan fingerprint density at radius 2 is 1.14 bits per heavy atom. The maximum absolute atomic E-state index is 2.38. The van der Waals surface area contributed by atoms with E-state index in [4.69, 9.17) is 0 Å². The Morgan fingerprint density at radius 3 is 1.43 bits per heavy atom. The third-order valence-corrected chi connectivity index (χ3v) is 3.64. The van der Waals surface area contributed by atoms with E-state index in [1.165, 1.54) is 25.7 Å². The van der Waals surface area contributed by atoms with E-state index in [1.807, 2.05) is 13.8 Å². The highest BCUT2D eigenvalue weighted by Crippen LogP contribution is 2.36. The molecule has 0 nitrogen and oxygen atoms in total. The van der Waals surface area contributed by atoms with Crippen LogP contribution < -0.4 is 0 Å². The minimum absolute atomic E-state index is 0.909. The molecule has 0 heterocycles. The summed E-state index contributed by atoms with van der Waals surface area (Å²) in [6.45, 7) is 13.5. The van der Waals surface area contributed by atoms with Crippen molar-refractivity contribution in [3.63, 3.8) is 0 Å². The van der Waals surface area contributed by atoms with Crippen molar-refractivity contribution < 1.29 is 0 Å². The number of hydrogen-bond acceptors (Lipinski definition) is 0. The smallest absolute Gasteiger partial charge is 0.0388 e. The lowest BCUT2D eigenvalue weighted by Crippen LogP contribution is -2.22. The van der Waals surface area contributed by atoms with Crippen LogP contribution in [0.15, 0.2) is 0 Å². The summed E-state index contributed by atoms with van der Waals surface area (Å²) >= 11 is 0. The molecule has 1 saturated carbocycles. The zero-order chi connectivity index (χ0) is 11.1. The lowest BCUT2D eigenvalue weighted by Gasteiger charge is -2.33. The summed E-state index contributed by atoms with van der Waals surface area (Å²) in [5, 5.41) is 0. The highest BCUT2D eigenvalue weighted by atomic mass is 14.3. The highest BCUT2D eigenvalue weighted by molar-refractivity contribution is 4.76. The molecule has 0 aliphatic heterocycles. The molecule has 1 fully saturated rings. The van der Waals surface area contributed by atoms with Gasteiger partial charge in [0.2, 0.25) is 0 Å². The van der Waals surface area contributed by atoms with Crippen LogP contribution in [0.5, 0.6) is 0 Å². The Balaban J connectivity index is 0.000000791. The van der Waals surface area contributed by atoms with Crippen LogP contribution >= 0.6 is 0 Å². The maximum Gasteiger partial charge on any atom is -0.0388 e. The van der Waals surface area contributed by atoms with Gasteiger partial charge in [-0.25, -0.2) is 0 Å². The minimum atomic E-state index is 0.909. The molecule has 0 saturated heterocycles. The third kappa shape index (κ3) is 4.48. The molecule has 0 aromatic rings. The van der Waals surface area contributed by atoms with Crippen molar-refractivity contribution in [2.45, 2.75) is 67.2 Å². The highest BCUT2D eigenvalue weighted by Gasteiger charge is 2.25. The average molecular weight is 198 g/mol. The summed E-state index contributed by atoms with van der Waals surface area (Å²) in [6.07, 6.45) is 5.95. The van der Waals surface area contributed by atoms with Gasteiger partial charge in [-0.05, 0) is 30.1 Å². The standard InChI is InChI=1S/C12H24.C2H6/c1-9(2)11-6-5-7-12(8-11)10(3)4;1-2/h9-12H,5-8H2,1-4H3;1-2H3/t11-,12-;/m0./s1. The minimum Gasteiger partial charge on any atom is -0.0683 e. The van der Waals surface area contributed by atoms with Crippen molar-refractivity contribution in [3.8, 4) is 0 Å². The second-order valence-corrected chi connectivity index (χ2v) is 5.17. The van der Waals surface area contributed by atoms with Crippen molar-refractivity contribution >= 4 is 0 Å². The van der Waals surface area contributed by atoms with Gasteiger partial charge < -0.3 is 0 Å². The zero-order valence-corrected chi connectivity index (χ0v) is 11.1. The molecular weight excluding hydrogens is 168 g/mol. The SMILES string of the molecule is CC.CC(C)[C@H]1CCC[C@H](C(C)C)C1. The van der Waals surface area contributed by atoms with Gasteiger partial charge in [0.25, 0.3) is 0 Å². The Hall–Kier alpha value is 0. The van der Waals surface area contributed by atoms with E-state index in [0.29, 0.717) is 0 Å². The summed E-state index contributed by atoms with van der Waals surface area (Å²) in [5.41, 5.74) is 0. The molecule has 0 heteroatoms. The average Bonchev–Trinajstić information content (AvgIpc) is 2.21. The van der Waals surface area contributed by atoms with Crippen LogP contribution in [-0.2, 0) is 0 Å². The fourth-order valence-electron chi connectivity index (χ4n) is 2.48. The van der Waals surface area contributed by atoms with Crippen molar-refractivity contribution in [2.75, 3.05) is 0 Å². The largest absolute Gasteiger partial charge is 0.0683 e. The second kappa shape index (κ2) is 7.31. The van der Waals surface area contributed by atoms with Crippen LogP contribution in [0.25, 0.3) is 0 Å². The summed E-state index contributed by atoms with van der Waals surface area (Å²) in [6, 6.07) is 0. The van der Waals surface area contributed by atoms with E-state index in [9.17, 15) is 0 Å². The molecule has 1 aliphatic carbocycles. The first-order valence-electron chi connectivity index (χ1n) is 6.61. The molecule has 0 unspecified atom stereocenters. The van der Waals surface area contributed by atoms with Gasteiger partial charge >= 0.3 is 0 Å². The molecule has 0 aromatic heterocycles.